The van der Waals surface area contributed by atoms with Crippen LogP contribution in [-0.4, -0.2) is 55.1 Å². The van der Waals surface area contributed by atoms with Crippen molar-refractivity contribution in [2.75, 3.05) is 33.4 Å². The molecule has 1 atom stereocenters. The summed E-state index contributed by atoms with van der Waals surface area (Å²) >= 11 is 0. The fourth-order valence-corrected chi connectivity index (χ4v) is 4.02. The van der Waals surface area contributed by atoms with Crippen LogP contribution in [0.15, 0.2) is 66.9 Å². The predicted molar refractivity (Wildman–Crippen MR) is 142 cm³/mol. The van der Waals surface area contributed by atoms with E-state index in [0.717, 1.165) is 25.2 Å². The van der Waals surface area contributed by atoms with Crippen LogP contribution in [0.3, 0.4) is 0 Å². The van der Waals surface area contributed by atoms with E-state index in [1.54, 1.807) is 7.11 Å². The molecule has 33 heavy (non-hydrogen) atoms. The number of carbonyl (C=O) groups excluding carboxylic acids is 1. The topological polar surface area (TPSA) is 32.8 Å². The van der Waals surface area contributed by atoms with Crippen molar-refractivity contribution in [1.82, 2.24) is 9.80 Å². The molecule has 0 aromatic heterocycles. The van der Waals surface area contributed by atoms with Crippen LogP contribution in [0.5, 0.6) is 0 Å². The van der Waals surface area contributed by atoms with Crippen molar-refractivity contribution in [3.63, 3.8) is 0 Å². The normalized spacial score (nSPS) is 17.3. The van der Waals surface area contributed by atoms with E-state index in [0.29, 0.717) is 18.9 Å². The molecule has 1 aliphatic heterocycles. The van der Waals surface area contributed by atoms with Crippen molar-refractivity contribution in [2.24, 2.45) is 5.92 Å². The molecule has 1 aromatic rings. The number of hydrogen-bond acceptors (Lipinski definition) is 3. The highest BCUT2D eigenvalue weighted by atomic mass is 16.5. The number of carbonyl (C=O) groups is 1. The van der Waals surface area contributed by atoms with Gasteiger partial charge in [-0.05, 0) is 62.0 Å². The van der Waals surface area contributed by atoms with E-state index in [-0.39, 0.29) is 11.9 Å². The Bertz CT molecular complexity index is 866. The molecular formula is C29H44N2O2. The van der Waals surface area contributed by atoms with E-state index < -0.39 is 0 Å². The zero-order chi connectivity index (χ0) is 25.1. The van der Waals surface area contributed by atoms with Crippen molar-refractivity contribution in [2.45, 2.75) is 54.0 Å². The number of amides is 1. The van der Waals surface area contributed by atoms with Gasteiger partial charge in [-0.3, -0.25) is 4.79 Å². The molecule has 0 spiro atoms. The minimum absolute atomic E-state index is 0.183. The first-order chi connectivity index (χ1) is 15.6. The maximum Gasteiger partial charge on any atom is 0.225 e. The number of benzene rings is 1. The third-order valence-corrected chi connectivity index (χ3v) is 6.25. The summed E-state index contributed by atoms with van der Waals surface area (Å²) in [5, 5.41) is 0. The highest BCUT2D eigenvalue weighted by molar-refractivity contribution is 5.81. The highest BCUT2D eigenvalue weighted by Gasteiger charge is 2.27. The van der Waals surface area contributed by atoms with Crippen LogP contribution in [0, 0.1) is 12.8 Å². The molecule has 0 aliphatic carbocycles. The van der Waals surface area contributed by atoms with Gasteiger partial charge in [0, 0.05) is 38.5 Å². The molecular weight excluding hydrogens is 408 g/mol. The number of hydrogen-bond donors (Lipinski definition) is 0. The van der Waals surface area contributed by atoms with Crippen LogP contribution in [0.2, 0.25) is 0 Å². The number of ether oxygens (including phenoxy) is 1. The summed E-state index contributed by atoms with van der Waals surface area (Å²) in [6.07, 6.45) is 2.74. The summed E-state index contributed by atoms with van der Waals surface area (Å²) < 4.78 is 5.07. The zero-order valence-electron chi connectivity index (χ0n) is 21.9. The van der Waals surface area contributed by atoms with Crippen LogP contribution in [0.25, 0.3) is 5.57 Å². The summed E-state index contributed by atoms with van der Waals surface area (Å²) in [4.78, 5) is 16.8. The highest BCUT2D eigenvalue weighted by Crippen LogP contribution is 2.30. The minimum atomic E-state index is 0.183. The number of allylic oxidation sites excluding steroid dienone is 5. The average molecular weight is 453 g/mol. The molecule has 1 amide bonds. The summed E-state index contributed by atoms with van der Waals surface area (Å²) in [5.41, 5.74) is 7.33. The van der Waals surface area contributed by atoms with Gasteiger partial charge in [-0.1, -0.05) is 50.3 Å². The molecule has 1 saturated heterocycles. The Morgan fingerprint density at radius 1 is 1.24 bits per heavy atom. The molecule has 4 nitrogen and oxygen atoms in total. The van der Waals surface area contributed by atoms with Gasteiger partial charge in [-0.2, -0.15) is 0 Å². The molecule has 4 heteroatoms. The zero-order valence-corrected chi connectivity index (χ0v) is 21.9. The Morgan fingerprint density at radius 3 is 2.45 bits per heavy atom. The minimum Gasteiger partial charge on any atom is -0.384 e. The molecule has 1 aromatic carbocycles. The molecule has 0 saturated carbocycles. The number of aryl methyl sites for hydroxylation is 1. The Labute approximate surface area is 202 Å². The number of rotatable bonds is 8. The van der Waals surface area contributed by atoms with E-state index in [2.05, 4.69) is 96.5 Å². The van der Waals surface area contributed by atoms with Gasteiger partial charge >= 0.3 is 0 Å². The van der Waals surface area contributed by atoms with Crippen molar-refractivity contribution in [1.29, 1.82) is 0 Å². The van der Waals surface area contributed by atoms with Crippen LogP contribution in [0.4, 0.5) is 0 Å². The van der Waals surface area contributed by atoms with Gasteiger partial charge in [0.2, 0.25) is 5.91 Å². The van der Waals surface area contributed by atoms with E-state index in [4.69, 9.17) is 4.74 Å². The lowest BCUT2D eigenvalue weighted by atomic mass is 9.89. The molecule has 0 bridgehead atoms. The van der Waals surface area contributed by atoms with E-state index in [9.17, 15) is 4.79 Å². The van der Waals surface area contributed by atoms with Gasteiger partial charge < -0.3 is 14.5 Å². The second kappa shape index (κ2) is 13.8. The quantitative estimate of drug-likeness (QED) is 0.345. The first-order valence-corrected chi connectivity index (χ1v) is 11.8. The molecule has 2 rings (SSSR count). The van der Waals surface area contributed by atoms with Crippen LogP contribution < -0.4 is 0 Å². The summed E-state index contributed by atoms with van der Waals surface area (Å²) in [5.74, 6) is 0.559. The van der Waals surface area contributed by atoms with Gasteiger partial charge in [-0.15, -0.1) is 13.2 Å². The van der Waals surface area contributed by atoms with E-state index in [1.807, 2.05) is 4.90 Å². The van der Waals surface area contributed by atoms with Gasteiger partial charge in [0.15, 0.2) is 0 Å². The van der Waals surface area contributed by atoms with Gasteiger partial charge in [0.1, 0.15) is 0 Å². The number of nitrogens with zero attached hydrogens (tertiary/aromatic N) is 2. The lowest BCUT2D eigenvalue weighted by molar-refractivity contribution is -0.136. The Balaban J connectivity index is 0.00000265. The molecule has 0 N–H and O–H groups in total. The molecule has 182 valence electrons. The number of methoxy groups -OCH3 is 1. The fourth-order valence-electron chi connectivity index (χ4n) is 4.02. The van der Waals surface area contributed by atoms with Gasteiger partial charge in [-0.25, -0.2) is 0 Å². The molecule has 1 aliphatic rings. The standard InChI is InChI=1S/C27H40N2O2.C2H4/c1-19(2)23(6)26(25-11-9-10-20(3)16-25)17-21(4)24(7)28-13-14-29(22(5)18-28)27(30)12-15-31-8;1-2/h9-11,16-17,19,22H,6,12-15,18H2,1-5,7-8H3;1-2H2/b24-21+,26-17+;. The van der Waals surface area contributed by atoms with Crippen LogP contribution >= 0.6 is 0 Å². The lowest BCUT2D eigenvalue weighted by Gasteiger charge is -2.42. The number of piperazine rings is 1. The molecule has 1 heterocycles. The smallest absolute Gasteiger partial charge is 0.225 e. The second-order valence-corrected chi connectivity index (χ2v) is 9.00. The fraction of sp³-hybridized carbons (Fsp3) is 0.483. The first-order valence-electron chi connectivity index (χ1n) is 11.8. The first kappa shape index (κ1) is 28.4. The van der Waals surface area contributed by atoms with Crippen LogP contribution in [0.1, 0.15) is 52.2 Å². The van der Waals surface area contributed by atoms with Gasteiger partial charge in [0.25, 0.3) is 0 Å². The lowest BCUT2D eigenvalue weighted by Crippen LogP contribution is -2.53. The molecule has 1 unspecified atom stereocenters. The summed E-state index contributed by atoms with van der Waals surface area (Å²) in [6, 6.07) is 8.82. The summed E-state index contributed by atoms with van der Waals surface area (Å²) in [7, 11) is 1.64. The van der Waals surface area contributed by atoms with Gasteiger partial charge in [0.05, 0.1) is 13.0 Å². The molecule has 0 radical (unpaired) electrons. The largest absolute Gasteiger partial charge is 0.384 e. The predicted octanol–water partition coefficient (Wildman–Crippen LogP) is 6.26. The second-order valence-electron chi connectivity index (χ2n) is 9.00. The maximum absolute atomic E-state index is 12.4. The van der Waals surface area contributed by atoms with Crippen molar-refractivity contribution in [3.8, 4) is 0 Å². The van der Waals surface area contributed by atoms with Crippen molar-refractivity contribution in [3.05, 3.63) is 78.0 Å². The van der Waals surface area contributed by atoms with Crippen LogP contribution in [-0.2, 0) is 9.53 Å². The average Bonchev–Trinajstić information content (AvgIpc) is 2.80. The maximum atomic E-state index is 12.4. The van der Waals surface area contributed by atoms with Crippen molar-refractivity contribution < 1.29 is 9.53 Å². The monoisotopic (exact) mass is 452 g/mol. The summed E-state index contributed by atoms with van der Waals surface area (Å²) in [6.45, 7) is 26.3. The Morgan fingerprint density at radius 2 is 1.91 bits per heavy atom. The molecule has 1 fully saturated rings. The SMILES string of the molecule is C=C.C=C(/C(=C\C(C)=C(/C)N1CCN(C(=O)CCOC)C(C)C1)c1cccc(C)c1)C(C)C. The third-order valence-electron chi connectivity index (χ3n) is 6.25. The van der Waals surface area contributed by atoms with Crippen molar-refractivity contribution >= 4 is 11.5 Å². The Hall–Kier alpha value is -2.59. The van der Waals surface area contributed by atoms with E-state index in [1.165, 1.54) is 28.0 Å². The third kappa shape index (κ3) is 8.04. The van der Waals surface area contributed by atoms with E-state index >= 15 is 0 Å². The Kier molecular flexibility index (Phi) is 11.9.